The third-order valence-corrected chi connectivity index (χ3v) is 4.70. The fourth-order valence-electron chi connectivity index (χ4n) is 1.80. The summed E-state index contributed by atoms with van der Waals surface area (Å²) in [6.07, 6.45) is 2.50. The van der Waals surface area contributed by atoms with Crippen LogP contribution in [0.1, 0.15) is 25.3 Å². The lowest BCUT2D eigenvalue weighted by Crippen LogP contribution is -2.19. The first-order valence-corrected chi connectivity index (χ1v) is 7.65. The maximum absolute atomic E-state index is 4.53. The van der Waals surface area contributed by atoms with E-state index in [9.17, 15) is 0 Å². The van der Waals surface area contributed by atoms with Gasteiger partial charge in [0.15, 0.2) is 5.17 Å². The molecule has 1 aromatic rings. The third-order valence-electron chi connectivity index (χ3n) is 2.72. The van der Waals surface area contributed by atoms with Gasteiger partial charge in [-0.3, -0.25) is 4.99 Å². The van der Waals surface area contributed by atoms with Crippen molar-refractivity contribution in [3.63, 3.8) is 0 Å². The Balaban J connectivity index is 1.82. The maximum atomic E-state index is 4.53. The lowest BCUT2D eigenvalue weighted by Gasteiger charge is -2.09. The molecule has 1 aliphatic rings. The van der Waals surface area contributed by atoms with Crippen LogP contribution in [-0.4, -0.2) is 17.0 Å². The van der Waals surface area contributed by atoms with Crippen molar-refractivity contribution < 1.29 is 0 Å². The van der Waals surface area contributed by atoms with E-state index in [0.717, 1.165) is 22.7 Å². The second kappa shape index (κ2) is 6.45. The molecule has 0 saturated heterocycles. The average molecular weight is 313 g/mol. The van der Waals surface area contributed by atoms with Crippen molar-refractivity contribution >= 4 is 32.9 Å². The molecule has 1 aromatic carbocycles. The summed E-state index contributed by atoms with van der Waals surface area (Å²) >= 11 is 5.44. The molecule has 92 valence electrons. The summed E-state index contributed by atoms with van der Waals surface area (Å²) in [5.74, 6) is 0. The zero-order valence-corrected chi connectivity index (χ0v) is 12.4. The summed E-state index contributed by atoms with van der Waals surface area (Å²) in [5.41, 5.74) is 1.27. The van der Waals surface area contributed by atoms with Gasteiger partial charge in [-0.25, -0.2) is 0 Å². The third kappa shape index (κ3) is 3.75. The maximum Gasteiger partial charge on any atom is 0.157 e. The summed E-state index contributed by atoms with van der Waals surface area (Å²) in [7, 11) is 0. The first-order chi connectivity index (χ1) is 8.29. The minimum atomic E-state index is 0.682. The number of halogens is 1. The van der Waals surface area contributed by atoms with Crippen LogP contribution in [0.2, 0.25) is 0 Å². The summed E-state index contributed by atoms with van der Waals surface area (Å²) in [6, 6.07) is 8.29. The minimum Gasteiger partial charge on any atom is -0.361 e. The van der Waals surface area contributed by atoms with Crippen LogP contribution in [0.25, 0.3) is 0 Å². The number of rotatable bonds is 4. The first kappa shape index (κ1) is 13.0. The van der Waals surface area contributed by atoms with E-state index in [2.05, 4.69) is 51.4 Å². The molecule has 1 atom stereocenters. The quantitative estimate of drug-likeness (QED) is 0.914. The van der Waals surface area contributed by atoms with Crippen LogP contribution in [0.5, 0.6) is 0 Å². The van der Waals surface area contributed by atoms with Gasteiger partial charge in [-0.1, -0.05) is 59.2 Å². The molecule has 17 heavy (non-hydrogen) atoms. The number of nitrogens with one attached hydrogen (secondary N) is 1. The predicted octanol–water partition coefficient (Wildman–Crippen LogP) is 3.81. The number of thioether (sulfide) groups is 1. The van der Waals surface area contributed by atoms with Crippen LogP contribution in [0.3, 0.4) is 0 Å². The van der Waals surface area contributed by atoms with Crippen LogP contribution < -0.4 is 5.32 Å². The van der Waals surface area contributed by atoms with Gasteiger partial charge < -0.3 is 5.32 Å². The van der Waals surface area contributed by atoms with Crippen molar-refractivity contribution in [2.45, 2.75) is 31.6 Å². The van der Waals surface area contributed by atoms with E-state index >= 15 is 0 Å². The van der Waals surface area contributed by atoms with E-state index in [1.165, 1.54) is 18.4 Å². The Labute approximate surface area is 115 Å². The van der Waals surface area contributed by atoms with Crippen molar-refractivity contribution in [2.24, 2.45) is 4.99 Å². The largest absolute Gasteiger partial charge is 0.361 e. The van der Waals surface area contributed by atoms with Gasteiger partial charge >= 0.3 is 0 Å². The smallest absolute Gasteiger partial charge is 0.157 e. The predicted molar refractivity (Wildman–Crippen MR) is 79.6 cm³/mol. The van der Waals surface area contributed by atoms with Gasteiger partial charge in [-0.05, 0) is 18.1 Å². The standard InChI is InChI=1S/C13H17BrN2S/c1-2-5-11-9-16-13(17-11)15-8-10-6-3-4-7-12(10)14/h3-4,6-7,11H,2,5,8-9H2,1H3,(H,15,16). The second-order valence-electron chi connectivity index (χ2n) is 4.12. The summed E-state index contributed by atoms with van der Waals surface area (Å²) in [6.45, 7) is 4.04. The zero-order chi connectivity index (χ0) is 12.1. The molecule has 1 N–H and O–H groups in total. The Morgan fingerprint density at radius 1 is 1.47 bits per heavy atom. The molecule has 0 radical (unpaired) electrons. The Hall–Kier alpha value is -0.480. The molecular weight excluding hydrogens is 296 g/mol. The molecule has 0 fully saturated rings. The molecule has 0 spiro atoms. The zero-order valence-electron chi connectivity index (χ0n) is 9.95. The Bertz CT molecular complexity index is 406. The molecule has 2 nitrogen and oxygen atoms in total. The Morgan fingerprint density at radius 2 is 2.29 bits per heavy atom. The number of benzene rings is 1. The summed E-state index contributed by atoms with van der Waals surface area (Å²) in [4.78, 5) is 4.53. The number of amidine groups is 1. The highest BCUT2D eigenvalue weighted by atomic mass is 79.9. The molecule has 2 rings (SSSR count). The fourth-order valence-corrected chi connectivity index (χ4v) is 3.35. The Kier molecular flexibility index (Phi) is 4.92. The SMILES string of the molecule is CCCC1CN=C(NCc2ccccc2Br)S1. The van der Waals surface area contributed by atoms with Crippen LogP contribution in [0, 0.1) is 0 Å². The van der Waals surface area contributed by atoms with E-state index in [4.69, 9.17) is 0 Å². The van der Waals surface area contributed by atoms with Crippen molar-refractivity contribution in [1.29, 1.82) is 0 Å². The molecule has 0 aromatic heterocycles. The van der Waals surface area contributed by atoms with Crippen molar-refractivity contribution in [3.8, 4) is 0 Å². The molecular formula is C13H17BrN2S. The van der Waals surface area contributed by atoms with Crippen LogP contribution in [0.15, 0.2) is 33.7 Å². The van der Waals surface area contributed by atoms with Crippen molar-refractivity contribution in [1.82, 2.24) is 5.32 Å². The summed E-state index contributed by atoms with van der Waals surface area (Å²) < 4.78 is 1.15. The number of aliphatic imine (C=N–C) groups is 1. The van der Waals surface area contributed by atoms with Gasteiger partial charge in [0.25, 0.3) is 0 Å². The van der Waals surface area contributed by atoms with Gasteiger partial charge in [0.2, 0.25) is 0 Å². The topological polar surface area (TPSA) is 24.4 Å². The van der Waals surface area contributed by atoms with E-state index < -0.39 is 0 Å². The van der Waals surface area contributed by atoms with Gasteiger partial charge in [0.05, 0.1) is 6.54 Å². The highest BCUT2D eigenvalue weighted by Crippen LogP contribution is 2.24. The lowest BCUT2D eigenvalue weighted by atomic mass is 10.2. The number of hydrogen-bond acceptors (Lipinski definition) is 3. The highest BCUT2D eigenvalue weighted by molar-refractivity contribution is 9.10. The van der Waals surface area contributed by atoms with Crippen LogP contribution in [-0.2, 0) is 6.54 Å². The second-order valence-corrected chi connectivity index (χ2v) is 6.26. The molecule has 0 amide bonds. The lowest BCUT2D eigenvalue weighted by molar-refractivity contribution is 0.753. The minimum absolute atomic E-state index is 0.682. The van der Waals surface area contributed by atoms with Crippen LogP contribution in [0.4, 0.5) is 0 Å². The molecule has 4 heteroatoms. The van der Waals surface area contributed by atoms with E-state index in [-0.39, 0.29) is 0 Å². The molecule has 1 heterocycles. The monoisotopic (exact) mass is 312 g/mol. The van der Waals surface area contributed by atoms with Gasteiger partial charge in [-0.15, -0.1) is 0 Å². The molecule has 0 aliphatic carbocycles. The van der Waals surface area contributed by atoms with Gasteiger partial charge in [0.1, 0.15) is 0 Å². The average Bonchev–Trinajstić information content (AvgIpc) is 2.76. The number of nitrogens with zero attached hydrogens (tertiary/aromatic N) is 1. The van der Waals surface area contributed by atoms with Crippen molar-refractivity contribution in [2.75, 3.05) is 6.54 Å². The molecule has 1 unspecified atom stereocenters. The van der Waals surface area contributed by atoms with Gasteiger partial charge in [0, 0.05) is 16.3 Å². The highest BCUT2D eigenvalue weighted by Gasteiger charge is 2.18. The fraction of sp³-hybridized carbons (Fsp3) is 0.462. The van der Waals surface area contributed by atoms with E-state index in [1.807, 2.05) is 17.8 Å². The molecule has 0 bridgehead atoms. The first-order valence-electron chi connectivity index (χ1n) is 5.98. The van der Waals surface area contributed by atoms with E-state index in [0.29, 0.717) is 5.25 Å². The van der Waals surface area contributed by atoms with E-state index in [1.54, 1.807) is 0 Å². The van der Waals surface area contributed by atoms with Crippen LogP contribution >= 0.6 is 27.7 Å². The number of hydrogen-bond donors (Lipinski definition) is 1. The Morgan fingerprint density at radius 3 is 3.06 bits per heavy atom. The molecule has 0 saturated carbocycles. The summed E-state index contributed by atoms with van der Waals surface area (Å²) in [5, 5.41) is 5.19. The van der Waals surface area contributed by atoms with Crippen molar-refractivity contribution in [3.05, 3.63) is 34.3 Å². The molecule has 1 aliphatic heterocycles. The van der Waals surface area contributed by atoms with Gasteiger partial charge in [-0.2, -0.15) is 0 Å². The normalized spacial score (nSPS) is 19.2.